The predicted molar refractivity (Wildman–Crippen MR) is 131 cm³/mol. The molecule has 0 N–H and O–H groups in total. The number of piperazine rings is 1. The van der Waals surface area contributed by atoms with Crippen LogP contribution in [0.25, 0.3) is 0 Å². The third kappa shape index (κ3) is 8.21. The highest BCUT2D eigenvalue weighted by Gasteiger charge is 2.32. The van der Waals surface area contributed by atoms with Crippen LogP contribution < -0.4 is 4.74 Å². The molecule has 0 unspecified atom stereocenters. The van der Waals surface area contributed by atoms with Crippen molar-refractivity contribution >= 4 is 17.8 Å². The predicted octanol–water partition coefficient (Wildman–Crippen LogP) is 2.75. The molecule has 1 aromatic carbocycles. The number of hydrogen-bond acceptors (Lipinski definition) is 8. The minimum atomic E-state index is -0.450. The first kappa shape index (κ1) is 26.9. The number of esters is 2. The summed E-state index contributed by atoms with van der Waals surface area (Å²) in [5.74, 6) is 0.205. The Morgan fingerprint density at radius 1 is 0.914 bits per heavy atom. The van der Waals surface area contributed by atoms with Gasteiger partial charge in [0.25, 0.3) is 5.91 Å². The topological polar surface area (TPSA) is 88.6 Å². The Kier molecular flexibility index (Phi) is 9.51. The number of amides is 1. The zero-order valence-corrected chi connectivity index (χ0v) is 21.5. The molecule has 2 saturated heterocycles. The molecule has 9 heteroatoms. The van der Waals surface area contributed by atoms with Gasteiger partial charge in [0.1, 0.15) is 11.4 Å². The standard InChI is InChI=1S/C26H39N3O6/c1-5-33-23(30)12-19-34-22-8-6-20(7-9-22)24(31)27-15-17-29(18-16-27)28-13-10-21(11-14-28)25(32)35-26(2,3)4/h6-9,21H,5,10-19H2,1-4H3. The zero-order valence-electron chi connectivity index (χ0n) is 21.5. The summed E-state index contributed by atoms with van der Waals surface area (Å²) < 4.78 is 16.0. The van der Waals surface area contributed by atoms with E-state index in [1.165, 1.54) is 0 Å². The second-order valence-electron chi connectivity index (χ2n) is 9.94. The fourth-order valence-corrected chi connectivity index (χ4v) is 4.31. The van der Waals surface area contributed by atoms with Crippen molar-refractivity contribution < 1.29 is 28.6 Å². The summed E-state index contributed by atoms with van der Waals surface area (Å²) in [5.41, 5.74) is 0.170. The smallest absolute Gasteiger partial charge is 0.309 e. The van der Waals surface area contributed by atoms with Crippen LogP contribution in [0.5, 0.6) is 5.75 Å². The van der Waals surface area contributed by atoms with Gasteiger partial charge >= 0.3 is 11.9 Å². The van der Waals surface area contributed by atoms with Crippen molar-refractivity contribution in [1.82, 2.24) is 14.9 Å². The van der Waals surface area contributed by atoms with Gasteiger partial charge in [0.2, 0.25) is 0 Å². The van der Waals surface area contributed by atoms with Gasteiger partial charge in [0.05, 0.1) is 25.6 Å². The molecule has 0 bridgehead atoms. The lowest BCUT2D eigenvalue weighted by molar-refractivity contribution is -0.164. The molecule has 3 rings (SSSR count). The largest absolute Gasteiger partial charge is 0.493 e. The molecule has 35 heavy (non-hydrogen) atoms. The quantitative estimate of drug-likeness (QED) is 0.515. The summed E-state index contributed by atoms with van der Waals surface area (Å²) >= 11 is 0. The molecular weight excluding hydrogens is 450 g/mol. The van der Waals surface area contributed by atoms with Gasteiger partial charge in [0.15, 0.2) is 0 Å². The highest BCUT2D eigenvalue weighted by atomic mass is 16.6. The summed E-state index contributed by atoms with van der Waals surface area (Å²) in [6, 6.07) is 7.03. The van der Waals surface area contributed by atoms with Gasteiger partial charge in [-0.15, -0.1) is 0 Å². The molecule has 194 valence electrons. The third-order valence-corrected chi connectivity index (χ3v) is 6.14. The second-order valence-corrected chi connectivity index (χ2v) is 9.94. The van der Waals surface area contributed by atoms with Crippen molar-refractivity contribution in [3.63, 3.8) is 0 Å². The van der Waals surface area contributed by atoms with E-state index < -0.39 is 5.60 Å². The van der Waals surface area contributed by atoms with E-state index in [4.69, 9.17) is 14.2 Å². The average molecular weight is 490 g/mol. The highest BCUT2D eigenvalue weighted by molar-refractivity contribution is 5.94. The Balaban J connectivity index is 1.40. The van der Waals surface area contributed by atoms with Crippen molar-refractivity contribution in [3.05, 3.63) is 29.8 Å². The first-order valence-corrected chi connectivity index (χ1v) is 12.6. The van der Waals surface area contributed by atoms with E-state index in [0.717, 1.165) is 39.0 Å². The molecule has 1 amide bonds. The minimum Gasteiger partial charge on any atom is -0.493 e. The van der Waals surface area contributed by atoms with Crippen molar-refractivity contribution in [2.45, 2.75) is 52.6 Å². The number of rotatable bonds is 8. The maximum atomic E-state index is 12.9. The SMILES string of the molecule is CCOC(=O)CCOc1ccc(C(=O)N2CCN(N3CCC(C(=O)OC(C)(C)C)CC3)CC2)cc1. The number of hydrogen-bond donors (Lipinski definition) is 0. The number of hydrazine groups is 1. The van der Waals surface area contributed by atoms with Crippen molar-refractivity contribution in [2.24, 2.45) is 5.92 Å². The van der Waals surface area contributed by atoms with E-state index in [1.807, 2.05) is 25.7 Å². The Morgan fingerprint density at radius 3 is 2.09 bits per heavy atom. The van der Waals surface area contributed by atoms with Gasteiger partial charge < -0.3 is 19.1 Å². The van der Waals surface area contributed by atoms with Crippen LogP contribution in [0.1, 0.15) is 57.3 Å². The molecule has 0 aliphatic carbocycles. The summed E-state index contributed by atoms with van der Waals surface area (Å²) in [7, 11) is 0. The lowest BCUT2D eigenvalue weighted by Crippen LogP contribution is -2.56. The number of carbonyl (C=O) groups excluding carboxylic acids is 3. The lowest BCUT2D eigenvalue weighted by atomic mass is 9.97. The van der Waals surface area contributed by atoms with Crippen LogP contribution in [0.15, 0.2) is 24.3 Å². The molecule has 1 aromatic rings. The van der Waals surface area contributed by atoms with Gasteiger partial charge in [-0.3, -0.25) is 14.4 Å². The van der Waals surface area contributed by atoms with Crippen LogP contribution in [0.2, 0.25) is 0 Å². The van der Waals surface area contributed by atoms with Crippen LogP contribution in [0.3, 0.4) is 0 Å². The molecule has 2 fully saturated rings. The van der Waals surface area contributed by atoms with E-state index in [0.29, 0.717) is 31.0 Å². The van der Waals surface area contributed by atoms with E-state index >= 15 is 0 Å². The van der Waals surface area contributed by atoms with E-state index in [2.05, 4.69) is 10.0 Å². The molecule has 9 nitrogen and oxygen atoms in total. The van der Waals surface area contributed by atoms with Crippen molar-refractivity contribution in [1.29, 1.82) is 0 Å². The molecule has 2 heterocycles. The molecule has 0 spiro atoms. The van der Waals surface area contributed by atoms with Gasteiger partial charge in [-0.05, 0) is 64.8 Å². The summed E-state index contributed by atoms with van der Waals surface area (Å²) in [4.78, 5) is 38.6. The Hall–Kier alpha value is -2.65. The molecule has 0 aromatic heterocycles. The number of carbonyl (C=O) groups is 3. The Bertz CT molecular complexity index is 851. The fraction of sp³-hybridized carbons (Fsp3) is 0.654. The normalized spacial score (nSPS) is 18.2. The Labute approximate surface area is 208 Å². The average Bonchev–Trinajstić information content (AvgIpc) is 2.83. The van der Waals surface area contributed by atoms with E-state index in [9.17, 15) is 14.4 Å². The maximum absolute atomic E-state index is 12.9. The Morgan fingerprint density at radius 2 is 1.51 bits per heavy atom. The highest BCUT2D eigenvalue weighted by Crippen LogP contribution is 2.23. The van der Waals surface area contributed by atoms with E-state index in [1.54, 1.807) is 31.2 Å². The lowest BCUT2D eigenvalue weighted by Gasteiger charge is -2.43. The van der Waals surface area contributed by atoms with E-state index in [-0.39, 0.29) is 36.8 Å². The van der Waals surface area contributed by atoms with Crippen LogP contribution in [0.4, 0.5) is 0 Å². The van der Waals surface area contributed by atoms with Crippen molar-refractivity contribution in [3.8, 4) is 5.75 Å². The monoisotopic (exact) mass is 489 g/mol. The maximum Gasteiger partial charge on any atom is 0.309 e. The summed E-state index contributed by atoms with van der Waals surface area (Å²) in [6.45, 7) is 12.6. The van der Waals surface area contributed by atoms with Crippen molar-refractivity contribution in [2.75, 3.05) is 52.5 Å². The first-order chi connectivity index (χ1) is 16.7. The van der Waals surface area contributed by atoms with Crippen LogP contribution in [0, 0.1) is 5.92 Å². The molecule has 0 atom stereocenters. The number of benzene rings is 1. The van der Waals surface area contributed by atoms with Gasteiger partial charge in [0, 0.05) is 44.8 Å². The number of piperidine rings is 1. The molecule has 0 saturated carbocycles. The van der Waals surface area contributed by atoms with Crippen LogP contribution in [-0.4, -0.2) is 90.8 Å². The van der Waals surface area contributed by atoms with Crippen LogP contribution >= 0.6 is 0 Å². The first-order valence-electron chi connectivity index (χ1n) is 12.6. The molecule has 0 radical (unpaired) electrons. The van der Waals surface area contributed by atoms with Gasteiger partial charge in [-0.25, -0.2) is 10.0 Å². The third-order valence-electron chi connectivity index (χ3n) is 6.14. The molecule has 2 aliphatic rings. The zero-order chi connectivity index (χ0) is 25.4. The number of nitrogens with zero attached hydrogens (tertiary/aromatic N) is 3. The number of ether oxygens (including phenoxy) is 3. The molecule has 2 aliphatic heterocycles. The summed E-state index contributed by atoms with van der Waals surface area (Å²) in [5, 5.41) is 4.61. The van der Waals surface area contributed by atoms with Gasteiger partial charge in [-0.2, -0.15) is 0 Å². The molecular formula is C26H39N3O6. The van der Waals surface area contributed by atoms with Gasteiger partial charge in [-0.1, -0.05) is 0 Å². The fourth-order valence-electron chi connectivity index (χ4n) is 4.31. The minimum absolute atomic E-state index is 0.00589. The second kappa shape index (κ2) is 12.4. The summed E-state index contributed by atoms with van der Waals surface area (Å²) in [6.07, 6.45) is 1.78. The van der Waals surface area contributed by atoms with Crippen LogP contribution in [-0.2, 0) is 19.1 Å².